The Labute approximate surface area is 138 Å². The molecule has 8 heteroatoms. The zero-order valence-corrected chi connectivity index (χ0v) is 13.7. The summed E-state index contributed by atoms with van der Waals surface area (Å²) in [4.78, 5) is 10.5. The lowest BCUT2D eigenvalue weighted by molar-refractivity contribution is -0.462. The molecule has 0 atom stereocenters. The number of alkyl halides is 3. The number of halogens is 3. The van der Waals surface area contributed by atoms with Crippen LogP contribution in [0.15, 0.2) is 12.5 Å². The van der Waals surface area contributed by atoms with Crippen LogP contribution in [0, 0.1) is 5.92 Å². The molecule has 5 nitrogen and oxygen atoms in total. The largest absolute Gasteiger partial charge is 0.418 e. The van der Waals surface area contributed by atoms with Gasteiger partial charge in [-0.15, -0.1) is 0 Å². The van der Waals surface area contributed by atoms with Gasteiger partial charge in [0.2, 0.25) is 0 Å². The van der Waals surface area contributed by atoms with E-state index < -0.39 is 11.7 Å². The fourth-order valence-electron chi connectivity index (χ4n) is 3.32. The Bertz CT molecular complexity index is 738. The number of aromatic amines is 1. The van der Waals surface area contributed by atoms with Gasteiger partial charge in [0.05, 0.1) is 10.9 Å². The average molecular weight is 340 g/mol. The molecule has 1 fully saturated rings. The van der Waals surface area contributed by atoms with Crippen molar-refractivity contribution in [2.24, 2.45) is 5.92 Å². The predicted octanol–water partition coefficient (Wildman–Crippen LogP) is 3.29. The van der Waals surface area contributed by atoms with Gasteiger partial charge in [-0.1, -0.05) is 0 Å². The van der Waals surface area contributed by atoms with Crippen molar-refractivity contribution in [3.63, 3.8) is 0 Å². The molecule has 0 radical (unpaired) electrons. The second-order valence-corrected chi connectivity index (χ2v) is 6.51. The second-order valence-electron chi connectivity index (χ2n) is 6.51. The number of fused-ring (bicyclic) bond motifs is 1. The van der Waals surface area contributed by atoms with Crippen molar-refractivity contribution in [3.05, 3.63) is 18.1 Å². The van der Waals surface area contributed by atoms with Gasteiger partial charge in [0.25, 0.3) is 0 Å². The number of hydrogen-bond acceptors (Lipinski definition) is 3. The number of H-pyrrole nitrogens is 1. The van der Waals surface area contributed by atoms with Crippen molar-refractivity contribution >= 4 is 23.1 Å². The van der Waals surface area contributed by atoms with E-state index in [1.165, 1.54) is 6.33 Å². The van der Waals surface area contributed by atoms with E-state index in [1.54, 1.807) is 0 Å². The standard InChI is InChI=1S/C16H21F3N5/c1-24(2)8-10-3-5-11(6-4-10)23-15-13-12(16(17,18)19)7-20-14(13)21-9-22-15/h7-11H,3-6H2,1-2H3,(H2,20,21,22,23)/q+1. The van der Waals surface area contributed by atoms with Crippen LogP contribution in [0.3, 0.4) is 0 Å². The van der Waals surface area contributed by atoms with E-state index in [0.717, 1.165) is 31.9 Å². The Balaban J connectivity index is 1.79. The SMILES string of the molecule is C[N+](C)=CC1CCC(Nc2ncnc3[nH]cc(C(F)(F)F)c23)CC1. The minimum atomic E-state index is -4.43. The first-order valence-corrected chi connectivity index (χ1v) is 8.02. The third-order valence-electron chi connectivity index (χ3n) is 4.40. The van der Waals surface area contributed by atoms with E-state index in [9.17, 15) is 13.2 Å². The third-order valence-corrected chi connectivity index (χ3v) is 4.40. The highest BCUT2D eigenvalue weighted by atomic mass is 19.4. The van der Waals surface area contributed by atoms with Gasteiger partial charge in [0.15, 0.2) is 0 Å². The first kappa shape index (κ1) is 16.7. The molecule has 130 valence electrons. The summed E-state index contributed by atoms with van der Waals surface area (Å²) in [6.45, 7) is 0. The van der Waals surface area contributed by atoms with Crippen LogP contribution in [0.25, 0.3) is 11.0 Å². The van der Waals surface area contributed by atoms with Crippen LogP contribution >= 0.6 is 0 Å². The highest BCUT2D eigenvalue weighted by Gasteiger charge is 2.35. The number of hydrogen-bond donors (Lipinski definition) is 2. The zero-order chi connectivity index (χ0) is 17.3. The van der Waals surface area contributed by atoms with Gasteiger partial charge < -0.3 is 10.3 Å². The molecular weight excluding hydrogens is 319 g/mol. The van der Waals surface area contributed by atoms with Crippen molar-refractivity contribution in [1.29, 1.82) is 0 Å². The lowest BCUT2D eigenvalue weighted by atomic mass is 9.86. The van der Waals surface area contributed by atoms with Crippen molar-refractivity contribution < 1.29 is 17.7 Å². The van der Waals surface area contributed by atoms with Gasteiger partial charge in [-0.3, -0.25) is 0 Å². The number of aromatic nitrogens is 3. The van der Waals surface area contributed by atoms with Crippen LogP contribution in [0.2, 0.25) is 0 Å². The molecule has 2 aromatic heterocycles. The third kappa shape index (κ3) is 3.52. The number of nitrogens with zero attached hydrogens (tertiary/aromatic N) is 3. The molecule has 0 bridgehead atoms. The minimum absolute atomic E-state index is 0.0203. The van der Waals surface area contributed by atoms with Crippen LogP contribution in [0.5, 0.6) is 0 Å². The predicted molar refractivity (Wildman–Crippen MR) is 86.4 cm³/mol. The van der Waals surface area contributed by atoms with E-state index in [4.69, 9.17) is 0 Å². The van der Waals surface area contributed by atoms with Crippen LogP contribution < -0.4 is 5.32 Å². The Morgan fingerprint density at radius 1 is 1.21 bits per heavy atom. The van der Waals surface area contributed by atoms with Gasteiger partial charge >= 0.3 is 6.18 Å². The second kappa shape index (κ2) is 6.41. The van der Waals surface area contributed by atoms with Gasteiger partial charge in [0, 0.05) is 18.2 Å². The summed E-state index contributed by atoms with van der Waals surface area (Å²) in [5.74, 6) is 0.787. The molecule has 0 amide bonds. The summed E-state index contributed by atoms with van der Waals surface area (Å²) in [6.07, 6.45) is 3.86. The Hall–Kier alpha value is -2.12. The topological polar surface area (TPSA) is 56.6 Å². The Morgan fingerprint density at radius 2 is 1.92 bits per heavy atom. The first-order valence-electron chi connectivity index (χ1n) is 8.02. The molecule has 3 rings (SSSR count). The molecule has 2 heterocycles. The molecule has 0 unspecified atom stereocenters. The average Bonchev–Trinajstić information content (AvgIpc) is 2.94. The molecule has 2 N–H and O–H groups in total. The van der Waals surface area contributed by atoms with Crippen LogP contribution in [0.1, 0.15) is 31.2 Å². The maximum absolute atomic E-state index is 13.2. The molecule has 0 saturated heterocycles. The smallest absolute Gasteiger partial charge is 0.367 e. The highest BCUT2D eigenvalue weighted by Crippen LogP contribution is 2.37. The molecule has 1 aliphatic rings. The van der Waals surface area contributed by atoms with Gasteiger partial charge in [-0.2, -0.15) is 13.2 Å². The molecule has 2 aromatic rings. The molecule has 1 aliphatic carbocycles. The van der Waals surface area contributed by atoms with Gasteiger partial charge in [-0.25, -0.2) is 14.5 Å². The van der Waals surface area contributed by atoms with E-state index in [0.29, 0.717) is 5.92 Å². The van der Waals surface area contributed by atoms with Gasteiger partial charge in [0.1, 0.15) is 38.1 Å². The number of nitrogens with one attached hydrogen (secondary N) is 2. The first-order chi connectivity index (χ1) is 11.3. The molecule has 0 spiro atoms. The molecule has 0 aromatic carbocycles. The number of rotatable bonds is 3. The van der Waals surface area contributed by atoms with E-state index in [2.05, 4.69) is 31.1 Å². The van der Waals surface area contributed by atoms with Crippen molar-refractivity contribution in [1.82, 2.24) is 15.0 Å². The summed E-state index contributed by atoms with van der Waals surface area (Å²) in [5.41, 5.74) is -0.523. The molecular formula is C16H21F3N5+. The number of anilines is 1. The maximum Gasteiger partial charge on any atom is 0.418 e. The normalized spacial score (nSPS) is 21.7. The van der Waals surface area contributed by atoms with Crippen LogP contribution in [-0.4, -0.2) is 45.9 Å². The summed E-state index contributed by atoms with van der Waals surface area (Å²) in [5, 5.41) is 3.22. The van der Waals surface area contributed by atoms with Crippen molar-refractivity contribution in [2.45, 2.75) is 37.9 Å². The summed E-state index contributed by atoms with van der Waals surface area (Å²) in [7, 11) is 4.01. The maximum atomic E-state index is 13.2. The summed E-state index contributed by atoms with van der Waals surface area (Å²) >= 11 is 0. The molecule has 1 saturated carbocycles. The fraction of sp³-hybridized carbons (Fsp3) is 0.562. The van der Waals surface area contributed by atoms with E-state index >= 15 is 0 Å². The molecule has 0 aliphatic heterocycles. The van der Waals surface area contributed by atoms with E-state index in [-0.39, 0.29) is 22.9 Å². The lowest BCUT2D eigenvalue weighted by Gasteiger charge is -2.27. The monoisotopic (exact) mass is 340 g/mol. The van der Waals surface area contributed by atoms with E-state index in [1.807, 2.05) is 14.1 Å². The Morgan fingerprint density at radius 3 is 2.54 bits per heavy atom. The van der Waals surface area contributed by atoms with Crippen LogP contribution in [-0.2, 0) is 6.18 Å². The summed E-state index contributed by atoms with van der Waals surface area (Å²) in [6, 6.07) is 0.130. The lowest BCUT2D eigenvalue weighted by Crippen LogP contribution is -2.28. The molecule has 24 heavy (non-hydrogen) atoms. The quantitative estimate of drug-likeness (QED) is 0.666. The Kier molecular flexibility index (Phi) is 4.47. The van der Waals surface area contributed by atoms with Crippen molar-refractivity contribution in [2.75, 3.05) is 19.4 Å². The summed E-state index contributed by atoms with van der Waals surface area (Å²) < 4.78 is 41.6. The van der Waals surface area contributed by atoms with Gasteiger partial charge in [-0.05, 0) is 25.7 Å². The van der Waals surface area contributed by atoms with Crippen molar-refractivity contribution in [3.8, 4) is 0 Å². The zero-order valence-electron chi connectivity index (χ0n) is 13.7. The highest BCUT2D eigenvalue weighted by molar-refractivity contribution is 5.90. The fourth-order valence-corrected chi connectivity index (χ4v) is 3.32. The minimum Gasteiger partial charge on any atom is -0.367 e. The van der Waals surface area contributed by atoms with Crippen LogP contribution in [0.4, 0.5) is 19.0 Å².